The highest BCUT2D eigenvalue weighted by molar-refractivity contribution is 5.50. The van der Waals surface area contributed by atoms with Crippen molar-refractivity contribution in [1.29, 1.82) is 0 Å². The van der Waals surface area contributed by atoms with Crippen molar-refractivity contribution in [3.8, 4) is 11.5 Å². The number of rotatable bonds is 6. The van der Waals surface area contributed by atoms with Gasteiger partial charge in [0.2, 0.25) is 6.29 Å². The first-order valence-electron chi connectivity index (χ1n) is 7.55. The molecule has 0 saturated heterocycles. The molecule has 0 heterocycles. The fourth-order valence-electron chi connectivity index (χ4n) is 2.12. The van der Waals surface area contributed by atoms with Crippen LogP contribution in [0.4, 0.5) is 11.4 Å². The van der Waals surface area contributed by atoms with Crippen LogP contribution in [0.5, 0.6) is 11.5 Å². The van der Waals surface area contributed by atoms with Crippen LogP contribution in [0.1, 0.15) is 30.9 Å². The molecule has 2 rings (SSSR count). The number of hydrogen-bond acceptors (Lipinski definition) is 4. The first-order valence-corrected chi connectivity index (χ1v) is 7.55. The van der Waals surface area contributed by atoms with Gasteiger partial charge in [-0.3, -0.25) is 0 Å². The van der Waals surface area contributed by atoms with Gasteiger partial charge in [0.1, 0.15) is 11.5 Å². The van der Waals surface area contributed by atoms with Gasteiger partial charge in [-0.1, -0.05) is 6.92 Å². The molecule has 0 spiro atoms. The second kappa shape index (κ2) is 7.07. The van der Waals surface area contributed by atoms with Crippen LogP contribution in [0.3, 0.4) is 0 Å². The van der Waals surface area contributed by atoms with E-state index in [1.165, 1.54) is 0 Å². The average Bonchev–Trinajstić information content (AvgIpc) is 2.47. The van der Waals surface area contributed by atoms with Gasteiger partial charge in [-0.05, 0) is 67.8 Å². The lowest BCUT2D eigenvalue weighted by atomic mass is 10.2. The molecule has 4 nitrogen and oxygen atoms in total. The summed E-state index contributed by atoms with van der Waals surface area (Å²) in [5, 5.41) is 0. The zero-order valence-electron chi connectivity index (χ0n) is 13.4. The third kappa shape index (κ3) is 4.07. The zero-order valence-corrected chi connectivity index (χ0v) is 13.4. The topological polar surface area (TPSA) is 70.5 Å². The van der Waals surface area contributed by atoms with Crippen LogP contribution in [0.25, 0.3) is 0 Å². The van der Waals surface area contributed by atoms with Gasteiger partial charge in [0.05, 0.1) is 0 Å². The molecule has 0 aliphatic rings. The molecule has 0 saturated carbocycles. The Balaban J connectivity index is 2.11. The minimum absolute atomic E-state index is 0.337. The maximum Gasteiger partial charge on any atom is 0.241 e. The predicted octanol–water partition coefficient (Wildman–Crippen LogP) is 4.05. The molecule has 2 aromatic carbocycles. The highest BCUT2D eigenvalue weighted by Gasteiger charge is 2.12. The van der Waals surface area contributed by atoms with Crippen molar-refractivity contribution in [3.63, 3.8) is 0 Å². The van der Waals surface area contributed by atoms with Crippen molar-refractivity contribution in [2.45, 2.75) is 39.9 Å². The third-order valence-electron chi connectivity index (χ3n) is 3.54. The molecular formula is C18H24N2O2. The summed E-state index contributed by atoms with van der Waals surface area (Å²) in [7, 11) is 0. The second-order valence-electron chi connectivity index (χ2n) is 5.49. The van der Waals surface area contributed by atoms with Crippen LogP contribution in [0.2, 0.25) is 0 Å². The monoisotopic (exact) mass is 300 g/mol. The summed E-state index contributed by atoms with van der Waals surface area (Å²) in [6, 6.07) is 11.3. The molecule has 0 unspecified atom stereocenters. The minimum Gasteiger partial charge on any atom is -0.455 e. The van der Waals surface area contributed by atoms with Gasteiger partial charge in [0, 0.05) is 17.8 Å². The van der Waals surface area contributed by atoms with Crippen molar-refractivity contribution in [1.82, 2.24) is 0 Å². The number of aryl methyl sites for hydroxylation is 2. The largest absolute Gasteiger partial charge is 0.455 e. The van der Waals surface area contributed by atoms with E-state index in [9.17, 15) is 0 Å². The van der Waals surface area contributed by atoms with Crippen molar-refractivity contribution in [2.75, 3.05) is 11.5 Å². The third-order valence-corrected chi connectivity index (χ3v) is 3.54. The molecule has 2 aromatic rings. The van der Waals surface area contributed by atoms with Crippen LogP contribution in [-0.2, 0) is 0 Å². The number of nitrogens with two attached hydrogens (primary N) is 2. The molecule has 0 atom stereocenters. The van der Waals surface area contributed by atoms with Gasteiger partial charge in [-0.2, -0.15) is 0 Å². The first-order chi connectivity index (χ1) is 10.5. The maximum absolute atomic E-state index is 5.96. The standard InChI is InChI=1S/C18H24N2O2/c1-4-5-18(21-14-6-8-16(19)12(2)10-14)22-15-7-9-17(20)13(3)11-15/h6-11,18H,4-5,19-20H2,1-3H3. The second-order valence-corrected chi connectivity index (χ2v) is 5.49. The predicted molar refractivity (Wildman–Crippen MR) is 91.1 cm³/mol. The van der Waals surface area contributed by atoms with Crippen LogP contribution < -0.4 is 20.9 Å². The Morgan fingerprint density at radius 3 is 1.68 bits per heavy atom. The molecule has 22 heavy (non-hydrogen) atoms. The Morgan fingerprint density at radius 2 is 1.32 bits per heavy atom. The molecule has 0 aliphatic heterocycles. The summed E-state index contributed by atoms with van der Waals surface area (Å²) in [6.07, 6.45) is 1.43. The summed E-state index contributed by atoms with van der Waals surface area (Å²) in [5.74, 6) is 1.52. The van der Waals surface area contributed by atoms with Gasteiger partial charge in [0.25, 0.3) is 0 Å². The Kier molecular flexibility index (Phi) is 5.15. The van der Waals surface area contributed by atoms with Gasteiger partial charge in [0.15, 0.2) is 0 Å². The van der Waals surface area contributed by atoms with Crippen molar-refractivity contribution < 1.29 is 9.47 Å². The number of hydrogen-bond donors (Lipinski definition) is 2. The highest BCUT2D eigenvalue weighted by atomic mass is 16.7. The lowest BCUT2D eigenvalue weighted by Gasteiger charge is -2.21. The van der Waals surface area contributed by atoms with E-state index >= 15 is 0 Å². The molecule has 0 aliphatic carbocycles. The van der Waals surface area contributed by atoms with Gasteiger partial charge in [-0.15, -0.1) is 0 Å². The number of benzene rings is 2. The molecule has 118 valence electrons. The van der Waals surface area contributed by atoms with Crippen LogP contribution in [-0.4, -0.2) is 6.29 Å². The number of anilines is 2. The van der Waals surface area contributed by atoms with E-state index in [0.717, 1.165) is 46.8 Å². The van der Waals surface area contributed by atoms with E-state index in [1.807, 2.05) is 50.2 Å². The van der Waals surface area contributed by atoms with Crippen molar-refractivity contribution in [2.24, 2.45) is 0 Å². The molecule has 0 amide bonds. The SMILES string of the molecule is CCCC(Oc1ccc(N)c(C)c1)Oc1ccc(N)c(C)c1. The lowest BCUT2D eigenvalue weighted by Crippen LogP contribution is -2.23. The normalized spacial score (nSPS) is 10.7. The van der Waals surface area contributed by atoms with E-state index in [-0.39, 0.29) is 6.29 Å². The molecule has 0 bridgehead atoms. The van der Waals surface area contributed by atoms with Gasteiger partial charge < -0.3 is 20.9 Å². The summed E-state index contributed by atoms with van der Waals surface area (Å²) in [6.45, 7) is 6.02. The average molecular weight is 300 g/mol. The molecular weight excluding hydrogens is 276 g/mol. The van der Waals surface area contributed by atoms with Crippen LogP contribution in [0.15, 0.2) is 36.4 Å². The van der Waals surface area contributed by atoms with E-state index < -0.39 is 0 Å². The fourth-order valence-corrected chi connectivity index (χ4v) is 2.12. The molecule has 0 radical (unpaired) electrons. The molecule has 0 fully saturated rings. The minimum atomic E-state index is -0.337. The summed E-state index contributed by atoms with van der Waals surface area (Å²) in [4.78, 5) is 0. The van der Waals surface area contributed by atoms with Crippen molar-refractivity contribution >= 4 is 11.4 Å². The Hall–Kier alpha value is -2.36. The van der Waals surface area contributed by atoms with Gasteiger partial charge >= 0.3 is 0 Å². The Labute approximate surface area is 132 Å². The quantitative estimate of drug-likeness (QED) is 0.623. The Morgan fingerprint density at radius 1 is 0.864 bits per heavy atom. The van der Waals surface area contributed by atoms with E-state index in [4.69, 9.17) is 20.9 Å². The maximum atomic E-state index is 5.96. The van der Waals surface area contributed by atoms with Crippen LogP contribution >= 0.6 is 0 Å². The Bertz CT molecular complexity index is 587. The molecule has 4 N–H and O–H groups in total. The van der Waals surface area contributed by atoms with Crippen LogP contribution in [0, 0.1) is 13.8 Å². The molecule has 0 aromatic heterocycles. The van der Waals surface area contributed by atoms with Gasteiger partial charge in [-0.25, -0.2) is 0 Å². The molecule has 4 heteroatoms. The zero-order chi connectivity index (χ0) is 16.1. The van der Waals surface area contributed by atoms with Crippen molar-refractivity contribution in [3.05, 3.63) is 47.5 Å². The van der Waals surface area contributed by atoms with E-state index in [1.54, 1.807) is 0 Å². The summed E-state index contributed by atoms with van der Waals surface area (Å²) in [5.41, 5.74) is 15.2. The highest BCUT2D eigenvalue weighted by Crippen LogP contribution is 2.24. The number of ether oxygens (including phenoxy) is 2. The summed E-state index contributed by atoms with van der Waals surface area (Å²) >= 11 is 0. The number of nitrogen functional groups attached to an aromatic ring is 2. The smallest absolute Gasteiger partial charge is 0.241 e. The van der Waals surface area contributed by atoms with E-state index in [0.29, 0.717) is 0 Å². The summed E-state index contributed by atoms with van der Waals surface area (Å²) < 4.78 is 11.9. The van der Waals surface area contributed by atoms with E-state index in [2.05, 4.69) is 6.92 Å². The first kappa shape index (κ1) is 16.0. The fraction of sp³-hybridized carbons (Fsp3) is 0.333. The lowest BCUT2D eigenvalue weighted by molar-refractivity contribution is -0.00108.